The van der Waals surface area contributed by atoms with Crippen molar-refractivity contribution < 1.29 is 24.2 Å². The topological polar surface area (TPSA) is 74.9 Å². The Labute approximate surface area is 231 Å². The normalized spacial score (nSPS) is 13.9. The van der Waals surface area contributed by atoms with Gasteiger partial charge in [0, 0.05) is 64.2 Å². The fraction of sp³-hybridized carbons (Fsp3) is 0.333. The first-order valence-corrected chi connectivity index (χ1v) is 13.2. The molecule has 0 spiro atoms. The summed E-state index contributed by atoms with van der Waals surface area (Å²) < 4.78 is 12.3. The number of carbonyl (C=O) groups excluding carboxylic acids is 1. The highest BCUT2D eigenvalue weighted by Gasteiger charge is 2.22. The van der Waals surface area contributed by atoms with Crippen molar-refractivity contribution in [3.05, 3.63) is 81.1 Å². The lowest BCUT2D eigenvalue weighted by atomic mass is 9.96. The molecule has 1 fully saturated rings. The summed E-state index contributed by atoms with van der Waals surface area (Å²) in [6.45, 7) is 2.67. The molecule has 10 heteroatoms. The van der Waals surface area contributed by atoms with E-state index in [-0.39, 0.29) is 5.91 Å². The number of pyridine rings is 1. The van der Waals surface area contributed by atoms with Crippen molar-refractivity contribution in [2.45, 2.75) is 19.3 Å². The molecule has 7 nitrogen and oxygen atoms in total. The Balaban J connectivity index is 1.32. The third-order valence-corrected chi connectivity index (χ3v) is 7.42. The lowest BCUT2D eigenvalue weighted by Gasteiger charge is -2.33. The number of piperidine rings is 1. The number of amides is 1. The van der Waals surface area contributed by atoms with Crippen molar-refractivity contribution >= 4 is 46.4 Å². The summed E-state index contributed by atoms with van der Waals surface area (Å²) in [5, 5.41) is 13.9. The first kappa shape index (κ1) is 27.2. The van der Waals surface area contributed by atoms with E-state index in [9.17, 15) is 10.0 Å². The number of halogens is 3. The molecule has 0 aliphatic carbocycles. The van der Waals surface area contributed by atoms with Crippen molar-refractivity contribution in [1.82, 2.24) is 5.32 Å². The third kappa shape index (κ3) is 7.12. The summed E-state index contributed by atoms with van der Waals surface area (Å²) in [6.07, 6.45) is 5.70. The summed E-state index contributed by atoms with van der Waals surface area (Å²) in [5.41, 5.74) is 2.39. The summed E-state index contributed by atoms with van der Waals surface area (Å²) in [6, 6.07) is 12.4. The first-order chi connectivity index (χ1) is 17.8. The quantitative estimate of drug-likeness (QED) is 0.267. The Kier molecular flexibility index (Phi) is 9.24. The summed E-state index contributed by atoms with van der Waals surface area (Å²) in [4.78, 5) is 15.3. The average Bonchev–Trinajstić information content (AvgIpc) is 2.90. The van der Waals surface area contributed by atoms with Crippen LogP contribution in [0.2, 0.25) is 15.1 Å². The van der Waals surface area contributed by atoms with Gasteiger partial charge in [0.2, 0.25) is 12.4 Å². The number of ether oxygens (including phenoxy) is 2. The summed E-state index contributed by atoms with van der Waals surface area (Å²) in [7, 11) is 1.50. The zero-order valence-corrected chi connectivity index (χ0v) is 22.7. The zero-order valence-electron chi connectivity index (χ0n) is 20.4. The molecule has 1 aliphatic heterocycles. The minimum atomic E-state index is -0.210. The van der Waals surface area contributed by atoms with Crippen molar-refractivity contribution in [3.8, 4) is 11.5 Å². The van der Waals surface area contributed by atoms with E-state index in [1.807, 2.05) is 18.2 Å². The van der Waals surface area contributed by atoms with Crippen LogP contribution in [0.1, 0.15) is 28.8 Å². The lowest BCUT2D eigenvalue weighted by molar-refractivity contribution is -0.904. The van der Waals surface area contributed by atoms with E-state index >= 15 is 0 Å². The fourth-order valence-electron chi connectivity index (χ4n) is 4.31. The van der Waals surface area contributed by atoms with Gasteiger partial charge >= 0.3 is 0 Å². The maximum absolute atomic E-state index is 13.0. The number of aromatic nitrogens is 1. The van der Waals surface area contributed by atoms with Gasteiger partial charge in [-0.25, -0.2) is 0 Å². The van der Waals surface area contributed by atoms with E-state index in [0.29, 0.717) is 57.6 Å². The van der Waals surface area contributed by atoms with Gasteiger partial charge < -0.3 is 19.7 Å². The number of hydrogen-bond acceptors (Lipinski definition) is 5. The highest BCUT2D eigenvalue weighted by molar-refractivity contribution is 6.35. The molecule has 0 bridgehead atoms. The van der Waals surface area contributed by atoms with Gasteiger partial charge in [-0.15, -0.1) is 0 Å². The van der Waals surface area contributed by atoms with Gasteiger partial charge in [0.1, 0.15) is 16.5 Å². The van der Waals surface area contributed by atoms with E-state index < -0.39 is 0 Å². The second-order valence-electron chi connectivity index (χ2n) is 8.90. The van der Waals surface area contributed by atoms with Crippen LogP contribution in [-0.2, 0) is 6.42 Å². The maximum atomic E-state index is 13.0. The van der Waals surface area contributed by atoms with Crippen LogP contribution in [0.3, 0.4) is 0 Å². The van der Waals surface area contributed by atoms with E-state index in [2.05, 4.69) is 10.2 Å². The van der Waals surface area contributed by atoms with Crippen LogP contribution < -0.4 is 24.4 Å². The molecule has 1 aromatic heterocycles. The number of nitrogens with one attached hydrogen (secondary N) is 1. The Morgan fingerprint density at radius 3 is 2.46 bits per heavy atom. The Morgan fingerprint density at radius 1 is 1.08 bits per heavy atom. The van der Waals surface area contributed by atoms with Crippen molar-refractivity contribution in [2.24, 2.45) is 5.92 Å². The molecule has 2 N–H and O–H groups in total. The minimum Gasteiger partial charge on any atom is -0.495 e. The van der Waals surface area contributed by atoms with Crippen molar-refractivity contribution in [1.29, 1.82) is 0 Å². The number of rotatable bonds is 9. The van der Waals surface area contributed by atoms with Gasteiger partial charge in [-0.1, -0.05) is 40.9 Å². The monoisotopic (exact) mass is 564 g/mol. The first-order valence-electron chi connectivity index (χ1n) is 12.0. The van der Waals surface area contributed by atoms with Gasteiger partial charge in [0.05, 0.1) is 13.7 Å². The Bertz CT molecular complexity index is 1230. The molecule has 37 heavy (non-hydrogen) atoms. The van der Waals surface area contributed by atoms with Crippen LogP contribution >= 0.6 is 34.8 Å². The number of nitrogens with zero attached hydrogens (tertiary/aromatic N) is 2. The summed E-state index contributed by atoms with van der Waals surface area (Å²) in [5.74, 6) is 0.908. The number of anilines is 1. The zero-order chi connectivity index (χ0) is 26.4. The van der Waals surface area contributed by atoms with E-state index in [1.165, 1.54) is 7.11 Å². The van der Waals surface area contributed by atoms with Crippen LogP contribution in [0.5, 0.6) is 11.5 Å². The molecule has 196 valence electrons. The maximum Gasteiger partial charge on any atom is 0.251 e. The number of carbonyl (C=O) groups is 1. The predicted molar refractivity (Wildman–Crippen MR) is 145 cm³/mol. The molecule has 0 saturated carbocycles. The van der Waals surface area contributed by atoms with Gasteiger partial charge in [-0.2, -0.15) is 0 Å². The Hall–Kier alpha value is -2.87. The molecule has 2 heterocycles. The largest absolute Gasteiger partial charge is 0.495 e. The molecular formula is C27H29Cl3N3O4+. The minimum absolute atomic E-state index is 0.210. The van der Waals surface area contributed by atoms with Crippen LogP contribution in [0.4, 0.5) is 5.69 Å². The van der Waals surface area contributed by atoms with Gasteiger partial charge in [-0.05, 0) is 48.6 Å². The molecule has 1 saturated heterocycles. The molecule has 1 aliphatic rings. The van der Waals surface area contributed by atoms with E-state index in [1.54, 1.807) is 36.7 Å². The molecule has 0 unspecified atom stereocenters. The second kappa shape index (κ2) is 12.6. The lowest BCUT2D eigenvalue weighted by Crippen LogP contribution is -2.39. The molecule has 0 atom stereocenters. The Morgan fingerprint density at radius 2 is 1.78 bits per heavy atom. The third-order valence-electron chi connectivity index (χ3n) is 6.46. The number of benzene rings is 2. The standard InChI is InChI=1S/C27H28Cl3N3O4/c1-36-24-14-20(15-25(26(24)30)37-13-8-19-2-3-21(28)16-23(19)29)27(34)31-17-18-4-9-32(10-5-18)22-6-11-33(35)12-7-22/h2-3,6-7,11-12,14-16,18H,4-5,8-10,13,17H2,1H3,(H-,31,34,35)/p+1. The van der Waals surface area contributed by atoms with Crippen LogP contribution in [0.25, 0.3) is 0 Å². The van der Waals surface area contributed by atoms with Gasteiger partial charge in [-0.3, -0.25) is 10.0 Å². The molecule has 3 aromatic rings. The smallest absolute Gasteiger partial charge is 0.251 e. The average molecular weight is 566 g/mol. The second-order valence-corrected chi connectivity index (χ2v) is 10.1. The molecule has 1 amide bonds. The SMILES string of the molecule is COc1cc(C(=O)NCC2CCN(c3cc[n+](O)cc3)CC2)cc(OCCc2ccc(Cl)cc2Cl)c1Cl. The van der Waals surface area contributed by atoms with Crippen LogP contribution in [0, 0.1) is 5.92 Å². The highest BCUT2D eigenvalue weighted by Crippen LogP contribution is 2.36. The molecule has 2 aromatic carbocycles. The van der Waals surface area contributed by atoms with Crippen molar-refractivity contribution in [2.75, 3.05) is 38.3 Å². The summed E-state index contributed by atoms with van der Waals surface area (Å²) >= 11 is 18.7. The van der Waals surface area contributed by atoms with Crippen LogP contribution in [0.15, 0.2) is 54.9 Å². The van der Waals surface area contributed by atoms with Gasteiger partial charge in [0.25, 0.3) is 5.91 Å². The molecule has 4 rings (SSSR count). The van der Waals surface area contributed by atoms with Crippen molar-refractivity contribution in [3.63, 3.8) is 0 Å². The molecule has 0 radical (unpaired) electrons. The fourth-order valence-corrected chi connectivity index (χ4v) is 5.05. The highest BCUT2D eigenvalue weighted by atomic mass is 35.5. The van der Waals surface area contributed by atoms with Gasteiger partial charge in [0.15, 0.2) is 0 Å². The van der Waals surface area contributed by atoms with E-state index in [4.69, 9.17) is 44.3 Å². The number of hydrogen-bond donors (Lipinski definition) is 2. The number of methoxy groups -OCH3 is 1. The molecular weight excluding hydrogens is 537 g/mol. The van der Waals surface area contributed by atoms with E-state index in [0.717, 1.165) is 41.9 Å². The predicted octanol–water partition coefficient (Wildman–Crippen LogP) is 5.45. The van der Waals surface area contributed by atoms with Crippen LogP contribution in [-0.4, -0.2) is 44.5 Å².